The average molecular weight is 256 g/mol. The number of aliphatic hydroxyl groups is 1. The molecular weight excluding hydrogens is 236 g/mol. The topological polar surface area (TPSA) is 98.7 Å². The number of carbonyl (C=O) groups is 2. The Bertz CT molecular complexity index is 345. The first-order valence-electron chi connectivity index (χ1n) is 6.45. The minimum atomic E-state index is -1.24. The second-order valence-electron chi connectivity index (χ2n) is 5.31. The fourth-order valence-electron chi connectivity index (χ4n) is 3.11. The van der Waals surface area contributed by atoms with Gasteiger partial charge in [0.05, 0.1) is 12.1 Å². The molecule has 0 bridgehead atoms. The Morgan fingerprint density at radius 3 is 2.72 bits per heavy atom. The number of rotatable bonds is 4. The summed E-state index contributed by atoms with van der Waals surface area (Å²) in [5.74, 6) is -0.666. The molecular formula is C12H20N2O4. The number of nitrogens with one attached hydrogen (secondary N) is 2. The number of carboxylic acids is 1. The van der Waals surface area contributed by atoms with Crippen LogP contribution in [0.2, 0.25) is 0 Å². The van der Waals surface area contributed by atoms with E-state index < -0.39 is 18.1 Å². The van der Waals surface area contributed by atoms with Gasteiger partial charge in [-0.15, -0.1) is 0 Å². The van der Waals surface area contributed by atoms with Crippen molar-refractivity contribution in [1.29, 1.82) is 0 Å². The van der Waals surface area contributed by atoms with Gasteiger partial charge in [-0.05, 0) is 38.1 Å². The van der Waals surface area contributed by atoms with Gasteiger partial charge in [-0.25, -0.2) is 4.79 Å². The number of carboxylic acid groups (broad SMARTS) is 1. The molecule has 0 aromatic carbocycles. The molecule has 2 rings (SSSR count). The summed E-state index contributed by atoms with van der Waals surface area (Å²) in [6.45, 7) is 2.19. The van der Waals surface area contributed by atoms with E-state index in [1.807, 2.05) is 0 Å². The number of carbonyl (C=O) groups excluding carboxylic acids is 1. The third-order valence-corrected chi connectivity index (χ3v) is 4.07. The van der Waals surface area contributed by atoms with E-state index in [-0.39, 0.29) is 11.9 Å². The molecule has 4 N–H and O–H groups in total. The molecule has 1 saturated heterocycles. The zero-order valence-corrected chi connectivity index (χ0v) is 10.4. The van der Waals surface area contributed by atoms with Gasteiger partial charge in [-0.1, -0.05) is 6.42 Å². The van der Waals surface area contributed by atoms with Gasteiger partial charge in [0.1, 0.15) is 0 Å². The number of hydrogen-bond acceptors (Lipinski definition) is 4. The summed E-state index contributed by atoms with van der Waals surface area (Å²) in [7, 11) is 0. The van der Waals surface area contributed by atoms with E-state index in [1.165, 1.54) is 6.92 Å². The van der Waals surface area contributed by atoms with E-state index in [2.05, 4.69) is 10.6 Å². The number of fused-ring (bicyclic) bond motifs is 1. The lowest BCUT2D eigenvalue weighted by atomic mass is 9.93. The summed E-state index contributed by atoms with van der Waals surface area (Å²) >= 11 is 0. The Labute approximate surface area is 106 Å². The highest BCUT2D eigenvalue weighted by Crippen LogP contribution is 2.37. The molecule has 0 aromatic heterocycles. The lowest BCUT2D eigenvalue weighted by Gasteiger charge is -2.22. The molecule has 1 saturated carbocycles. The zero-order valence-electron chi connectivity index (χ0n) is 10.4. The Morgan fingerprint density at radius 1 is 1.39 bits per heavy atom. The van der Waals surface area contributed by atoms with Gasteiger partial charge in [0, 0.05) is 0 Å². The third kappa shape index (κ3) is 2.49. The summed E-state index contributed by atoms with van der Waals surface area (Å²) in [4.78, 5) is 23.0. The maximum absolute atomic E-state index is 12.1. The predicted molar refractivity (Wildman–Crippen MR) is 63.9 cm³/mol. The summed E-state index contributed by atoms with van der Waals surface area (Å²) in [6, 6.07) is -1.54. The van der Waals surface area contributed by atoms with E-state index in [1.54, 1.807) is 0 Å². The normalized spacial score (nSPS) is 33.8. The summed E-state index contributed by atoms with van der Waals surface area (Å²) in [5, 5.41) is 23.8. The lowest BCUT2D eigenvalue weighted by Crippen LogP contribution is -2.53. The Hall–Kier alpha value is -1.14. The molecule has 0 aromatic rings. The lowest BCUT2D eigenvalue weighted by molar-refractivity contribution is -0.145. The molecule has 2 aliphatic rings. The van der Waals surface area contributed by atoms with Crippen LogP contribution in [0.25, 0.3) is 0 Å². The van der Waals surface area contributed by atoms with E-state index in [0.29, 0.717) is 11.8 Å². The van der Waals surface area contributed by atoms with Crippen LogP contribution in [-0.4, -0.2) is 46.8 Å². The van der Waals surface area contributed by atoms with E-state index >= 15 is 0 Å². The fourth-order valence-corrected chi connectivity index (χ4v) is 3.11. The quantitative estimate of drug-likeness (QED) is 0.534. The standard InChI is InChI=1S/C12H20N2O4/c1-6(15)9(12(17)18)14-11(16)10-8-4-2-3-7(8)5-13-10/h6-10,13,15H,2-5H2,1H3,(H,14,16)(H,17,18). The molecule has 18 heavy (non-hydrogen) atoms. The van der Waals surface area contributed by atoms with Gasteiger partial charge in [0.25, 0.3) is 0 Å². The maximum Gasteiger partial charge on any atom is 0.328 e. The second-order valence-corrected chi connectivity index (χ2v) is 5.31. The second kappa shape index (κ2) is 5.24. The van der Waals surface area contributed by atoms with Crippen molar-refractivity contribution in [3.63, 3.8) is 0 Å². The number of amides is 1. The van der Waals surface area contributed by atoms with Gasteiger partial charge in [0.2, 0.25) is 5.91 Å². The number of aliphatic hydroxyl groups excluding tert-OH is 1. The molecule has 1 heterocycles. The largest absolute Gasteiger partial charge is 0.480 e. The van der Waals surface area contributed by atoms with Crippen LogP contribution in [0.15, 0.2) is 0 Å². The Morgan fingerprint density at radius 2 is 2.11 bits per heavy atom. The highest BCUT2D eigenvalue weighted by atomic mass is 16.4. The molecule has 5 unspecified atom stereocenters. The van der Waals surface area contributed by atoms with Crippen LogP contribution in [0.5, 0.6) is 0 Å². The summed E-state index contributed by atoms with van der Waals surface area (Å²) in [5.41, 5.74) is 0. The molecule has 1 aliphatic carbocycles. The van der Waals surface area contributed by atoms with Gasteiger partial charge < -0.3 is 20.8 Å². The molecule has 5 atom stereocenters. The molecule has 1 amide bonds. The Kier molecular flexibility index (Phi) is 3.87. The molecule has 1 aliphatic heterocycles. The smallest absolute Gasteiger partial charge is 0.328 e. The number of aliphatic carboxylic acids is 1. The molecule has 0 spiro atoms. The van der Waals surface area contributed by atoms with Crippen molar-refractivity contribution in [3.05, 3.63) is 0 Å². The molecule has 6 nitrogen and oxygen atoms in total. The molecule has 0 radical (unpaired) electrons. The third-order valence-electron chi connectivity index (χ3n) is 4.07. The minimum Gasteiger partial charge on any atom is -0.480 e. The first-order valence-corrected chi connectivity index (χ1v) is 6.45. The van der Waals surface area contributed by atoms with Crippen LogP contribution >= 0.6 is 0 Å². The summed E-state index contributed by atoms with van der Waals surface area (Å²) < 4.78 is 0. The predicted octanol–water partition coefficient (Wildman–Crippen LogP) is -0.675. The Balaban J connectivity index is 1.97. The van der Waals surface area contributed by atoms with Crippen molar-refractivity contribution in [1.82, 2.24) is 10.6 Å². The van der Waals surface area contributed by atoms with Crippen molar-refractivity contribution < 1.29 is 19.8 Å². The van der Waals surface area contributed by atoms with Crippen molar-refractivity contribution in [2.45, 2.75) is 44.4 Å². The van der Waals surface area contributed by atoms with Gasteiger partial charge >= 0.3 is 5.97 Å². The van der Waals surface area contributed by atoms with Crippen molar-refractivity contribution in [3.8, 4) is 0 Å². The van der Waals surface area contributed by atoms with E-state index in [4.69, 9.17) is 5.11 Å². The average Bonchev–Trinajstić information content (AvgIpc) is 2.85. The van der Waals surface area contributed by atoms with E-state index in [0.717, 1.165) is 25.8 Å². The minimum absolute atomic E-state index is 0.307. The molecule has 102 valence electrons. The maximum atomic E-state index is 12.1. The van der Waals surface area contributed by atoms with Crippen molar-refractivity contribution in [2.24, 2.45) is 11.8 Å². The number of hydrogen-bond donors (Lipinski definition) is 4. The zero-order chi connectivity index (χ0) is 13.3. The SMILES string of the molecule is CC(O)C(NC(=O)C1NCC2CCCC21)C(=O)O. The highest BCUT2D eigenvalue weighted by molar-refractivity contribution is 5.87. The van der Waals surface area contributed by atoms with Crippen LogP contribution < -0.4 is 10.6 Å². The van der Waals surface area contributed by atoms with Crippen LogP contribution in [0.3, 0.4) is 0 Å². The highest BCUT2D eigenvalue weighted by Gasteiger charge is 2.43. The first kappa shape index (κ1) is 13.3. The van der Waals surface area contributed by atoms with Crippen molar-refractivity contribution in [2.75, 3.05) is 6.54 Å². The van der Waals surface area contributed by atoms with Crippen LogP contribution in [-0.2, 0) is 9.59 Å². The first-order chi connectivity index (χ1) is 8.50. The van der Waals surface area contributed by atoms with E-state index in [9.17, 15) is 14.7 Å². The van der Waals surface area contributed by atoms with Crippen LogP contribution in [0.1, 0.15) is 26.2 Å². The molecule has 2 fully saturated rings. The fraction of sp³-hybridized carbons (Fsp3) is 0.833. The van der Waals surface area contributed by atoms with Crippen molar-refractivity contribution >= 4 is 11.9 Å². The van der Waals surface area contributed by atoms with Gasteiger partial charge in [0.15, 0.2) is 6.04 Å². The monoisotopic (exact) mass is 256 g/mol. The molecule has 6 heteroatoms. The van der Waals surface area contributed by atoms with Crippen LogP contribution in [0, 0.1) is 11.8 Å². The summed E-state index contributed by atoms with van der Waals surface area (Å²) in [6.07, 6.45) is 2.19. The van der Waals surface area contributed by atoms with Crippen LogP contribution in [0.4, 0.5) is 0 Å². The van der Waals surface area contributed by atoms with Gasteiger partial charge in [-0.3, -0.25) is 4.79 Å². The van der Waals surface area contributed by atoms with Gasteiger partial charge in [-0.2, -0.15) is 0 Å².